The van der Waals surface area contributed by atoms with Gasteiger partial charge in [-0.1, -0.05) is 41.9 Å². The normalized spacial score (nSPS) is 11.0. The van der Waals surface area contributed by atoms with Crippen molar-refractivity contribution in [3.05, 3.63) is 89.4 Å². The molecule has 0 bridgehead atoms. The number of esters is 1. The van der Waals surface area contributed by atoms with E-state index in [0.29, 0.717) is 16.5 Å². The fraction of sp³-hybridized carbons (Fsp3) is 0.174. The summed E-state index contributed by atoms with van der Waals surface area (Å²) in [5, 5.41) is 0.546. The molecule has 0 saturated heterocycles. The van der Waals surface area contributed by atoms with Crippen LogP contribution in [0.25, 0.3) is 0 Å². The van der Waals surface area contributed by atoms with Crippen molar-refractivity contribution in [3.63, 3.8) is 0 Å². The number of anilines is 1. The number of carbonyl (C=O) groups excluding carboxylic acids is 1. The Morgan fingerprint density at radius 1 is 0.935 bits per heavy atom. The van der Waals surface area contributed by atoms with E-state index in [1.807, 2.05) is 6.07 Å². The molecule has 162 valence electrons. The molecule has 0 unspecified atom stereocenters. The number of para-hydroxylation sites is 1. The summed E-state index contributed by atoms with van der Waals surface area (Å²) in [5.74, 6) is -0.0632. The van der Waals surface area contributed by atoms with Crippen molar-refractivity contribution in [2.75, 3.05) is 24.1 Å². The highest BCUT2D eigenvalue weighted by molar-refractivity contribution is 7.92. The van der Waals surface area contributed by atoms with Crippen LogP contribution in [0.3, 0.4) is 0 Å². The van der Waals surface area contributed by atoms with Gasteiger partial charge in [-0.3, -0.25) is 4.31 Å². The van der Waals surface area contributed by atoms with Crippen LogP contribution in [0.2, 0.25) is 5.02 Å². The van der Waals surface area contributed by atoms with Gasteiger partial charge in [0.1, 0.15) is 19.0 Å². The maximum absolute atomic E-state index is 13.1. The van der Waals surface area contributed by atoms with Gasteiger partial charge in [-0.15, -0.1) is 0 Å². The minimum atomic E-state index is -3.84. The number of hydrogen-bond acceptors (Lipinski definition) is 5. The first-order valence-electron chi connectivity index (χ1n) is 9.65. The van der Waals surface area contributed by atoms with E-state index < -0.39 is 16.0 Å². The highest BCUT2D eigenvalue weighted by atomic mass is 35.5. The second kappa shape index (κ2) is 10.3. The van der Waals surface area contributed by atoms with Gasteiger partial charge in [-0.2, -0.15) is 0 Å². The summed E-state index contributed by atoms with van der Waals surface area (Å²) >= 11 is 5.89. The topological polar surface area (TPSA) is 72.9 Å². The molecule has 0 spiro atoms. The molecule has 31 heavy (non-hydrogen) atoms. The summed E-state index contributed by atoms with van der Waals surface area (Å²) in [6.45, 7) is 2.15. The van der Waals surface area contributed by atoms with Gasteiger partial charge in [0.2, 0.25) is 0 Å². The van der Waals surface area contributed by atoms with Crippen LogP contribution in [0.1, 0.15) is 17.3 Å². The molecule has 0 aromatic heterocycles. The number of carbonyl (C=O) groups is 1. The summed E-state index contributed by atoms with van der Waals surface area (Å²) in [6.07, 6.45) is 0. The van der Waals surface area contributed by atoms with Gasteiger partial charge in [0.25, 0.3) is 10.0 Å². The van der Waals surface area contributed by atoms with Gasteiger partial charge < -0.3 is 9.47 Å². The van der Waals surface area contributed by atoms with Crippen molar-refractivity contribution in [1.29, 1.82) is 0 Å². The van der Waals surface area contributed by atoms with E-state index in [9.17, 15) is 13.2 Å². The Kier molecular flexibility index (Phi) is 7.55. The number of sulfonamides is 1. The van der Waals surface area contributed by atoms with Crippen LogP contribution in [0.15, 0.2) is 83.8 Å². The predicted octanol–water partition coefficient (Wildman–Crippen LogP) is 4.79. The lowest BCUT2D eigenvalue weighted by atomic mass is 10.2. The van der Waals surface area contributed by atoms with Crippen LogP contribution >= 0.6 is 11.6 Å². The molecule has 0 atom stereocenters. The summed E-state index contributed by atoms with van der Waals surface area (Å²) in [4.78, 5) is 12.4. The van der Waals surface area contributed by atoms with Crippen LogP contribution in [-0.4, -0.2) is 34.1 Å². The van der Waals surface area contributed by atoms with Crippen molar-refractivity contribution in [2.24, 2.45) is 0 Å². The average molecular weight is 460 g/mol. The molecule has 0 fully saturated rings. The maximum Gasteiger partial charge on any atom is 0.338 e. The molecule has 3 rings (SSSR count). The van der Waals surface area contributed by atoms with E-state index in [0.717, 1.165) is 0 Å². The molecule has 0 amide bonds. The van der Waals surface area contributed by atoms with Crippen LogP contribution in [0, 0.1) is 0 Å². The first-order valence-corrected chi connectivity index (χ1v) is 11.5. The van der Waals surface area contributed by atoms with E-state index >= 15 is 0 Å². The Balaban J connectivity index is 1.66. The molecule has 8 heteroatoms. The summed E-state index contributed by atoms with van der Waals surface area (Å²) in [6, 6.07) is 21.5. The molecule has 0 aliphatic heterocycles. The zero-order chi connectivity index (χ0) is 22.3. The van der Waals surface area contributed by atoms with E-state index in [1.54, 1.807) is 55.5 Å². The third-order valence-corrected chi connectivity index (χ3v) is 6.50. The van der Waals surface area contributed by atoms with E-state index in [-0.39, 0.29) is 30.2 Å². The highest BCUT2D eigenvalue weighted by Crippen LogP contribution is 2.24. The molecular weight excluding hydrogens is 438 g/mol. The van der Waals surface area contributed by atoms with E-state index in [4.69, 9.17) is 21.1 Å². The van der Waals surface area contributed by atoms with E-state index in [2.05, 4.69) is 0 Å². The first-order chi connectivity index (χ1) is 14.9. The number of halogens is 1. The van der Waals surface area contributed by atoms with Crippen LogP contribution < -0.4 is 9.04 Å². The van der Waals surface area contributed by atoms with Crippen molar-refractivity contribution in [3.8, 4) is 5.75 Å². The number of nitrogens with zero attached hydrogens (tertiary/aromatic N) is 1. The molecule has 3 aromatic carbocycles. The monoisotopic (exact) mass is 459 g/mol. The number of ether oxygens (including phenoxy) is 2. The Bertz CT molecular complexity index is 1140. The zero-order valence-corrected chi connectivity index (χ0v) is 18.5. The molecule has 0 aliphatic rings. The van der Waals surface area contributed by atoms with Crippen molar-refractivity contribution < 1.29 is 22.7 Å². The lowest BCUT2D eigenvalue weighted by Gasteiger charge is -2.23. The third kappa shape index (κ3) is 5.77. The number of rotatable bonds is 9. The second-order valence-corrected chi connectivity index (χ2v) is 8.77. The van der Waals surface area contributed by atoms with Gasteiger partial charge in [0, 0.05) is 11.6 Å². The van der Waals surface area contributed by atoms with Crippen molar-refractivity contribution in [2.45, 2.75) is 11.8 Å². The molecule has 0 aliphatic carbocycles. The van der Waals surface area contributed by atoms with Crippen molar-refractivity contribution in [1.82, 2.24) is 0 Å². The molecule has 6 nitrogen and oxygen atoms in total. The Hall–Kier alpha value is -3.03. The fourth-order valence-electron chi connectivity index (χ4n) is 2.93. The lowest BCUT2D eigenvalue weighted by Crippen LogP contribution is -2.30. The number of hydrogen-bond donors (Lipinski definition) is 0. The quantitative estimate of drug-likeness (QED) is 0.340. The Labute approximate surface area is 187 Å². The van der Waals surface area contributed by atoms with E-state index in [1.165, 1.54) is 28.6 Å². The minimum Gasteiger partial charge on any atom is -0.490 e. The van der Waals surface area contributed by atoms with Crippen molar-refractivity contribution >= 4 is 33.3 Å². The predicted molar refractivity (Wildman–Crippen MR) is 120 cm³/mol. The van der Waals surface area contributed by atoms with Crippen LogP contribution in [0.5, 0.6) is 5.75 Å². The minimum absolute atomic E-state index is 0.00737. The first kappa shape index (κ1) is 22.7. The SMILES string of the molecule is CCN(c1ccccc1)S(=O)(=O)c1cccc(C(=O)OCCOc2cccc(Cl)c2)c1. The summed E-state index contributed by atoms with van der Waals surface area (Å²) < 4.78 is 38.2. The molecule has 0 N–H and O–H groups in total. The smallest absolute Gasteiger partial charge is 0.338 e. The van der Waals surface area contributed by atoms with Gasteiger partial charge in [-0.25, -0.2) is 13.2 Å². The Morgan fingerprint density at radius 2 is 1.68 bits per heavy atom. The molecule has 3 aromatic rings. The summed E-state index contributed by atoms with van der Waals surface area (Å²) in [7, 11) is -3.84. The molecule has 0 heterocycles. The summed E-state index contributed by atoms with van der Waals surface area (Å²) in [5.41, 5.74) is 0.698. The Morgan fingerprint density at radius 3 is 2.39 bits per heavy atom. The van der Waals surface area contributed by atoms with Gasteiger partial charge in [-0.05, 0) is 55.5 Å². The second-order valence-electron chi connectivity index (χ2n) is 6.47. The highest BCUT2D eigenvalue weighted by Gasteiger charge is 2.24. The van der Waals surface area contributed by atoms with Crippen LogP contribution in [0.4, 0.5) is 5.69 Å². The molecule has 0 radical (unpaired) electrons. The zero-order valence-electron chi connectivity index (χ0n) is 16.9. The molecule has 0 saturated carbocycles. The average Bonchev–Trinajstić information content (AvgIpc) is 2.78. The standard InChI is InChI=1S/C23H22ClNO5S/c1-2-25(20-10-4-3-5-11-20)31(27,28)22-13-6-8-18(16-22)23(26)30-15-14-29-21-12-7-9-19(24)17-21/h3-13,16-17H,2,14-15H2,1H3. The molecular formula is C23H22ClNO5S. The number of benzene rings is 3. The lowest BCUT2D eigenvalue weighted by molar-refractivity contribution is 0.0450. The van der Waals surface area contributed by atoms with Crippen LogP contribution in [-0.2, 0) is 14.8 Å². The maximum atomic E-state index is 13.1. The van der Waals surface area contributed by atoms with Gasteiger partial charge in [0.15, 0.2) is 0 Å². The van der Waals surface area contributed by atoms with Gasteiger partial charge in [0.05, 0.1) is 16.1 Å². The fourth-order valence-corrected chi connectivity index (χ4v) is 4.63. The largest absolute Gasteiger partial charge is 0.490 e. The third-order valence-electron chi connectivity index (χ3n) is 4.37. The van der Waals surface area contributed by atoms with Gasteiger partial charge >= 0.3 is 5.97 Å².